The fourth-order valence-electron chi connectivity index (χ4n) is 1.51. The summed E-state index contributed by atoms with van der Waals surface area (Å²) in [6, 6.07) is 2.17. The van der Waals surface area contributed by atoms with Crippen LogP contribution < -0.4 is 0 Å². The van der Waals surface area contributed by atoms with Crippen LogP contribution in [0.25, 0.3) is 0 Å². The predicted molar refractivity (Wildman–Crippen MR) is 65.4 cm³/mol. The third-order valence-corrected chi connectivity index (χ3v) is 3.27. The van der Waals surface area contributed by atoms with Crippen LogP contribution in [0.2, 0.25) is 0 Å². The van der Waals surface area contributed by atoms with Crippen molar-refractivity contribution in [2.45, 2.75) is 13.5 Å². The fraction of sp³-hybridized carbons (Fsp3) is 0.167. The molecule has 0 atom stereocenters. The van der Waals surface area contributed by atoms with Crippen LogP contribution in [-0.4, -0.2) is 15.6 Å². The molecular weight excluding hydrogens is 306 g/mol. The Morgan fingerprint density at radius 1 is 1.44 bits per heavy atom. The highest BCUT2D eigenvalue weighted by molar-refractivity contribution is 9.10. The van der Waals surface area contributed by atoms with Gasteiger partial charge in [-0.25, -0.2) is 8.78 Å². The number of aryl methyl sites for hydroxylation is 1. The summed E-state index contributed by atoms with van der Waals surface area (Å²) in [5, 5.41) is 3.96. The molecule has 6 heteroatoms. The number of hydrogen-bond donors (Lipinski definition) is 0. The highest BCUT2D eigenvalue weighted by Crippen LogP contribution is 2.25. The molecule has 3 nitrogen and oxygen atoms in total. The Balaban J connectivity index is 2.43. The zero-order valence-electron chi connectivity index (χ0n) is 9.45. The van der Waals surface area contributed by atoms with Gasteiger partial charge in [0.15, 0.2) is 17.4 Å². The molecule has 0 aliphatic rings. The minimum Gasteiger partial charge on any atom is -0.288 e. The van der Waals surface area contributed by atoms with E-state index in [1.165, 1.54) is 12.3 Å². The van der Waals surface area contributed by atoms with Crippen LogP contribution in [0, 0.1) is 11.6 Å². The average molecular weight is 315 g/mol. The summed E-state index contributed by atoms with van der Waals surface area (Å²) in [6.07, 6.45) is 2.97. The normalized spacial score (nSPS) is 10.7. The molecule has 0 saturated heterocycles. The van der Waals surface area contributed by atoms with Crippen LogP contribution in [0.5, 0.6) is 0 Å². The zero-order chi connectivity index (χ0) is 13.3. The highest BCUT2D eigenvalue weighted by atomic mass is 79.9. The molecule has 0 aliphatic heterocycles. The lowest BCUT2D eigenvalue weighted by atomic mass is 10.1. The number of aromatic nitrogens is 2. The van der Waals surface area contributed by atoms with Crippen LogP contribution >= 0.6 is 15.9 Å². The SMILES string of the molecule is CCn1cc(C(=O)c2ccc(F)c(F)c2Br)cn1. The Hall–Kier alpha value is -1.56. The number of rotatable bonds is 3. The minimum absolute atomic E-state index is 0.0737. The summed E-state index contributed by atoms with van der Waals surface area (Å²) in [5.41, 5.74) is 0.410. The second kappa shape index (κ2) is 4.97. The number of halogens is 3. The summed E-state index contributed by atoms with van der Waals surface area (Å²) >= 11 is 2.89. The number of carbonyl (C=O) groups excluding carboxylic acids is 1. The summed E-state index contributed by atoms with van der Waals surface area (Å²) in [6.45, 7) is 2.51. The van der Waals surface area contributed by atoms with E-state index in [1.807, 2.05) is 6.92 Å². The van der Waals surface area contributed by atoms with E-state index in [4.69, 9.17) is 0 Å². The highest BCUT2D eigenvalue weighted by Gasteiger charge is 2.19. The molecule has 0 unspecified atom stereocenters. The molecule has 18 heavy (non-hydrogen) atoms. The molecular formula is C12H9BrF2N2O. The molecule has 1 aromatic carbocycles. The average Bonchev–Trinajstić information content (AvgIpc) is 2.84. The van der Waals surface area contributed by atoms with Gasteiger partial charge in [0, 0.05) is 18.3 Å². The maximum absolute atomic E-state index is 13.3. The van der Waals surface area contributed by atoms with Crippen molar-refractivity contribution in [1.29, 1.82) is 0 Å². The first-order valence-corrected chi connectivity index (χ1v) is 6.04. The van der Waals surface area contributed by atoms with Gasteiger partial charge in [-0.2, -0.15) is 5.10 Å². The molecule has 94 valence electrons. The van der Waals surface area contributed by atoms with Crippen molar-refractivity contribution >= 4 is 21.7 Å². The molecule has 0 spiro atoms. The van der Waals surface area contributed by atoms with Crippen molar-refractivity contribution in [3.05, 3.63) is 51.8 Å². The van der Waals surface area contributed by atoms with Gasteiger partial charge in [-0.1, -0.05) is 0 Å². The van der Waals surface area contributed by atoms with E-state index in [0.29, 0.717) is 12.1 Å². The van der Waals surface area contributed by atoms with Gasteiger partial charge in [0.05, 0.1) is 16.2 Å². The first kappa shape index (κ1) is 12.9. The van der Waals surface area contributed by atoms with Gasteiger partial charge in [0.25, 0.3) is 0 Å². The van der Waals surface area contributed by atoms with E-state index >= 15 is 0 Å². The molecule has 0 bridgehead atoms. The molecule has 0 radical (unpaired) electrons. The van der Waals surface area contributed by atoms with Gasteiger partial charge >= 0.3 is 0 Å². The Morgan fingerprint density at radius 3 is 2.78 bits per heavy atom. The Labute approximate surface area is 111 Å². The zero-order valence-corrected chi connectivity index (χ0v) is 11.0. The van der Waals surface area contributed by atoms with E-state index in [0.717, 1.165) is 6.07 Å². The van der Waals surface area contributed by atoms with Gasteiger partial charge in [-0.05, 0) is 35.0 Å². The molecule has 0 N–H and O–H groups in total. The first-order valence-electron chi connectivity index (χ1n) is 5.25. The van der Waals surface area contributed by atoms with Gasteiger partial charge in [-0.15, -0.1) is 0 Å². The van der Waals surface area contributed by atoms with Crippen LogP contribution in [0.4, 0.5) is 8.78 Å². The van der Waals surface area contributed by atoms with Crippen molar-refractivity contribution in [3.8, 4) is 0 Å². The molecule has 1 heterocycles. The first-order chi connectivity index (χ1) is 8.54. The lowest BCUT2D eigenvalue weighted by molar-refractivity contribution is 0.103. The van der Waals surface area contributed by atoms with Crippen LogP contribution in [-0.2, 0) is 6.54 Å². The largest absolute Gasteiger partial charge is 0.288 e. The minimum atomic E-state index is -1.07. The van der Waals surface area contributed by atoms with E-state index in [-0.39, 0.29) is 10.0 Å². The van der Waals surface area contributed by atoms with Gasteiger partial charge in [0.1, 0.15) is 0 Å². The molecule has 2 aromatic rings. The summed E-state index contributed by atoms with van der Waals surface area (Å²) in [5.74, 6) is -2.47. The number of carbonyl (C=O) groups is 1. The maximum atomic E-state index is 13.3. The third-order valence-electron chi connectivity index (χ3n) is 2.50. The van der Waals surface area contributed by atoms with Gasteiger partial charge in [-0.3, -0.25) is 9.48 Å². The Kier molecular flexibility index (Phi) is 3.56. The molecule has 1 aromatic heterocycles. The monoisotopic (exact) mass is 314 g/mol. The van der Waals surface area contributed by atoms with Crippen LogP contribution in [0.1, 0.15) is 22.8 Å². The van der Waals surface area contributed by atoms with Crippen LogP contribution in [0.3, 0.4) is 0 Å². The molecule has 0 amide bonds. The van der Waals surface area contributed by atoms with E-state index < -0.39 is 17.4 Å². The molecule has 0 fully saturated rings. The van der Waals surface area contributed by atoms with Crippen molar-refractivity contribution < 1.29 is 13.6 Å². The number of hydrogen-bond acceptors (Lipinski definition) is 2. The second-order valence-electron chi connectivity index (χ2n) is 3.64. The standard InChI is InChI=1S/C12H9BrF2N2O/c1-2-17-6-7(5-16-17)12(18)8-3-4-9(14)11(15)10(8)13/h3-6H,2H2,1H3. The van der Waals surface area contributed by atoms with Crippen molar-refractivity contribution in [2.24, 2.45) is 0 Å². The van der Waals surface area contributed by atoms with E-state index in [1.54, 1.807) is 10.9 Å². The van der Waals surface area contributed by atoms with Gasteiger partial charge < -0.3 is 0 Å². The van der Waals surface area contributed by atoms with Crippen molar-refractivity contribution in [1.82, 2.24) is 9.78 Å². The number of benzene rings is 1. The van der Waals surface area contributed by atoms with E-state index in [9.17, 15) is 13.6 Å². The lowest BCUT2D eigenvalue weighted by Gasteiger charge is -2.03. The van der Waals surface area contributed by atoms with Crippen LogP contribution in [0.15, 0.2) is 29.0 Å². The molecule has 2 rings (SSSR count). The summed E-state index contributed by atoms with van der Waals surface area (Å²) in [4.78, 5) is 12.1. The van der Waals surface area contributed by atoms with Crippen molar-refractivity contribution in [2.75, 3.05) is 0 Å². The maximum Gasteiger partial charge on any atom is 0.197 e. The smallest absolute Gasteiger partial charge is 0.197 e. The number of ketones is 1. The third kappa shape index (κ3) is 2.20. The summed E-state index contributed by atoms with van der Waals surface area (Å²) < 4.78 is 27.7. The van der Waals surface area contributed by atoms with E-state index in [2.05, 4.69) is 21.0 Å². The topological polar surface area (TPSA) is 34.9 Å². The molecule has 0 aliphatic carbocycles. The number of nitrogens with zero attached hydrogens (tertiary/aromatic N) is 2. The predicted octanol–water partition coefficient (Wildman–Crippen LogP) is 3.17. The summed E-state index contributed by atoms with van der Waals surface area (Å²) in [7, 11) is 0. The molecule has 0 saturated carbocycles. The Morgan fingerprint density at radius 2 is 2.17 bits per heavy atom. The second-order valence-corrected chi connectivity index (χ2v) is 4.43. The van der Waals surface area contributed by atoms with Gasteiger partial charge in [0.2, 0.25) is 0 Å². The quantitative estimate of drug-likeness (QED) is 0.644. The Bertz CT molecular complexity index is 610. The fourth-order valence-corrected chi connectivity index (χ4v) is 2.01. The van der Waals surface area contributed by atoms with Crippen molar-refractivity contribution in [3.63, 3.8) is 0 Å². The lowest BCUT2D eigenvalue weighted by Crippen LogP contribution is -2.04.